The molecule has 1 fully saturated rings. The highest BCUT2D eigenvalue weighted by atomic mass is 32.2. The van der Waals surface area contributed by atoms with Crippen molar-refractivity contribution in [2.75, 3.05) is 4.90 Å². The van der Waals surface area contributed by atoms with Crippen molar-refractivity contribution >= 4 is 42.1 Å². The zero-order valence-corrected chi connectivity index (χ0v) is 26.5. The van der Waals surface area contributed by atoms with Crippen LogP contribution in [0.2, 0.25) is 0 Å². The minimum atomic E-state index is -1.31. The van der Waals surface area contributed by atoms with Crippen LogP contribution in [0.5, 0.6) is 0 Å². The minimum Gasteiger partial charge on any atom is -0.309 e. The van der Waals surface area contributed by atoms with Crippen LogP contribution < -0.4 is 4.90 Å². The highest BCUT2D eigenvalue weighted by molar-refractivity contribution is 8.46. The lowest BCUT2D eigenvalue weighted by Crippen LogP contribution is -2.29. The van der Waals surface area contributed by atoms with Crippen LogP contribution in [0, 0.1) is 0 Å². The highest BCUT2D eigenvalue weighted by Crippen LogP contribution is 2.62. The van der Waals surface area contributed by atoms with Crippen LogP contribution in [0.15, 0.2) is 126 Å². The summed E-state index contributed by atoms with van der Waals surface area (Å²) in [7, 11) is -1.31. The molecule has 5 aromatic rings. The fraction of sp³-hybridized carbons (Fsp3) is 0.163. The Kier molecular flexibility index (Phi) is 5.30. The Bertz CT molecular complexity index is 2270. The molecule has 0 saturated heterocycles. The van der Waals surface area contributed by atoms with Crippen molar-refractivity contribution < 1.29 is 0 Å². The van der Waals surface area contributed by atoms with Crippen molar-refractivity contribution in [1.29, 1.82) is 0 Å². The van der Waals surface area contributed by atoms with Gasteiger partial charge in [-0.25, -0.2) is 0 Å². The summed E-state index contributed by atoms with van der Waals surface area (Å²) in [4.78, 5) is 5.75. The molecule has 1 nitrogen and oxygen atoms in total. The van der Waals surface area contributed by atoms with Gasteiger partial charge in [0.2, 0.25) is 0 Å². The van der Waals surface area contributed by atoms with E-state index in [9.17, 15) is 0 Å². The molecule has 0 radical (unpaired) electrons. The smallest absolute Gasteiger partial charge is 0.0597 e. The second kappa shape index (κ2) is 9.25. The van der Waals surface area contributed by atoms with Gasteiger partial charge >= 0.3 is 0 Å². The lowest BCUT2D eigenvalue weighted by molar-refractivity contribution is 0.343. The largest absolute Gasteiger partial charge is 0.309 e. The molecule has 0 aromatic heterocycles. The monoisotopic (exact) mass is 597 g/mol. The van der Waals surface area contributed by atoms with Gasteiger partial charge in [-0.3, -0.25) is 0 Å². The minimum absolute atomic E-state index is 0.496. The molecule has 1 saturated carbocycles. The van der Waals surface area contributed by atoms with Crippen LogP contribution in [0.25, 0.3) is 22.9 Å². The van der Waals surface area contributed by atoms with Gasteiger partial charge in [-0.2, -0.15) is 0 Å². The van der Waals surface area contributed by atoms with E-state index in [1.54, 1.807) is 15.3 Å². The first kappa shape index (κ1) is 25.8. The second-order valence-corrected chi connectivity index (χ2v) is 16.2. The lowest BCUT2D eigenvalue weighted by Gasteiger charge is -2.45. The van der Waals surface area contributed by atoms with E-state index in [-0.39, 0.29) is 0 Å². The van der Waals surface area contributed by atoms with E-state index in [0.717, 1.165) is 0 Å². The van der Waals surface area contributed by atoms with Gasteiger partial charge in [-0.05, 0) is 110 Å². The number of fused-ring (bicyclic) bond motifs is 11. The molecule has 5 aromatic carbocycles. The van der Waals surface area contributed by atoms with Crippen LogP contribution in [-0.4, -0.2) is 9.73 Å². The first-order valence-corrected chi connectivity index (χ1v) is 18.2. The second-order valence-electron chi connectivity index (χ2n) is 13.5. The third-order valence-corrected chi connectivity index (χ3v) is 14.1. The van der Waals surface area contributed by atoms with Crippen LogP contribution in [0.3, 0.4) is 0 Å². The molecule has 218 valence electrons. The average molecular weight is 598 g/mol. The SMILES string of the molecule is CC(C)c1ccc(N(C2=CS34=C(C=3c3ccccc32)c2ccccc2C=C4)c2cccc3c2C2CCC2c2ccccc2-3)cc1. The van der Waals surface area contributed by atoms with E-state index in [1.165, 1.54) is 74.4 Å². The normalized spacial score (nSPS) is 22.5. The molecule has 0 bridgehead atoms. The van der Waals surface area contributed by atoms with E-state index >= 15 is 0 Å². The first-order chi connectivity index (χ1) is 22.1. The Labute approximate surface area is 266 Å². The number of rotatable bonds is 4. The van der Waals surface area contributed by atoms with Crippen molar-refractivity contribution in [1.82, 2.24) is 0 Å². The summed E-state index contributed by atoms with van der Waals surface area (Å²) in [5.74, 6) is 1.66. The summed E-state index contributed by atoms with van der Waals surface area (Å²) in [6.07, 6.45) is 4.91. The molecule has 10 rings (SSSR count). The molecule has 0 N–H and O–H groups in total. The van der Waals surface area contributed by atoms with Gasteiger partial charge in [-0.15, -0.1) is 9.21 Å². The molecule has 45 heavy (non-hydrogen) atoms. The van der Waals surface area contributed by atoms with Crippen molar-refractivity contribution in [3.05, 3.63) is 165 Å². The van der Waals surface area contributed by atoms with E-state index in [4.69, 9.17) is 0 Å². The molecule has 1 spiro atoms. The topological polar surface area (TPSA) is 3.24 Å². The number of benzene rings is 5. The molecule has 3 atom stereocenters. The predicted octanol–water partition coefficient (Wildman–Crippen LogP) is 11.1. The van der Waals surface area contributed by atoms with Crippen molar-refractivity contribution in [2.24, 2.45) is 0 Å². The van der Waals surface area contributed by atoms with E-state index in [0.29, 0.717) is 17.8 Å². The van der Waals surface area contributed by atoms with Gasteiger partial charge in [-0.1, -0.05) is 111 Å². The summed E-state index contributed by atoms with van der Waals surface area (Å²) < 4.78 is 0. The maximum atomic E-state index is 2.66. The van der Waals surface area contributed by atoms with E-state index in [2.05, 4.69) is 151 Å². The zero-order valence-electron chi connectivity index (χ0n) is 25.7. The summed E-state index contributed by atoms with van der Waals surface area (Å²) in [6.45, 7) is 4.57. The van der Waals surface area contributed by atoms with Crippen molar-refractivity contribution in [2.45, 2.75) is 44.4 Å². The molecular formula is C43H35NS. The van der Waals surface area contributed by atoms with Gasteiger partial charge in [0.1, 0.15) is 0 Å². The number of hydrogen-bond donors (Lipinski definition) is 0. The van der Waals surface area contributed by atoms with Gasteiger partial charge in [0.15, 0.2) is 0 Å². The molecule has 3 heterocycles. The Balaban J connectivity index is 1.26. The van der Waals surface area contributed by atoms with Gasteiger partial charge in [0.25, 0.3) is 0 Å². The summed E-state index contributed by atoms with van der Waals surface area (Å²) >= 11 is 0. The van der Waals surface area contributed by atoms with Crippen LogP contribution in [-0.2, 0) is 0 Å². The number of anilines is 2. The Morgan fingerprint density at radius 1 is 0.622 bits per heavy atom. The lowest BCUT2D eigenvalue weighted by atomic mass is 9.60. The molecule has 2 aliphatic carbocycles. The Morgan fingerprint density at radius 3 is 2.07 bits per heavy atom. The fourth-order valence-corrected chi connectivity index (χ4v) is 12.2. The average Bonchev–Trinajstić information content (AvgIpc) is 3.75. The summed E-state index contributed by atoms with van der Waals surface area (Å²) in [6, 6.07) is 43.8. The Morgan fingerprint density at radius 2 is 1.29 bits per heavy atom. The van der Waals surface area contributed by atoms with E-state index in [1.807, 2.05) is 0 Å². The number of hydrogen-bond acceptors (Lipinski definition) is 1. The standard InChI is InChI=1S/C43H35NS/c1-27(2)28-18-20-30(21-19-28)44(39-17-9-16-36-33-13-6-5-12-32(33)34-22-23-37(34)41(36)39)40-26-45-25-24-29-10-3-4-11-31(29)42(45)43(45)38-15-8-7-14-35(38)40/h3-21,24-27,34,37H,22-23H2,1-2H3. The third-order valence-electron chi connectivity index (χ3n) is 10.9. The van der Waals surface area contributed by atoms with Crippen LogP contribution in [0.4, 0.5) is 11.4 Å². The summed E-state index contributed by atoms with van der Waals surface area (Å²) in [5.41, 5.74) is 16.7. The number of nitrogens with zero attached hydrogens (tertiary/aromatic N) is 1. The predicted molar refractivity (Wildman–Crippen MR) is 195 cm³/mol. The molecular weight excluding hydrogens is 563 g/mol. The van der Waals surface area contributed by atoms with E-state index < -0.39 is 9.21 Å². The van der Waals surface area contributed by atoms with Crippen LogP contribution in [0.1, 0.15) is 83.4 Å². The quantitative estimate of drug-likeness (QED) is 0.186. The maximum absolute atomic E-state index is 2.66. The molecule has 3 unspecified atom stereocenters. The van der Waals surface area contributed by atoms with Gasteiger partial charge in [0, 0.05) is 21.0 Å². The first-order valence-electron chi connectivity index (χ1n) is 16.4. The van der Waals surface area contributed by atoms with Gasteiger partial charge < -0.3 is 4.90 Å². The zero-order chi connectivity index (χ0) is 29.9. The highest BCUT2D eigenvalue weighted by Gasteiger charge is 2.44. The van der Waals surface area contributed by atoms with Gasteiger partial charge in [0.05, 0.1) is 11.4 Å². The molecule has 0 amide bonds. The molecule has 2 heteroatoms. The fourth-order valence-electron chi connectivity index (χ4n) is 8.56. The Hall–Kier alpha value is -4.53. The molecule has 3 aliphatic heterocycles. The molecule has 5 aliphatic rings. The van der Waals surface area contributed by atoms with Crippen molar-refractivity contribution in [3.63, 3.8) is 0 Å². The van der Waals surface area contributed by atoms with Crippen LogP contribution >= 0.6 is 9.21 Å². The summed E-state index contributed by atoms with van der Waals surface area (Å²) in [5, 5.41) is 5.20. The van der Waals surface area contributed by atoms with Crippen molar-refractivity contribution in [3.8, 4) is 11.1 Å². The maximum Gasteiger partial charge on any atom is 0.0597 e. The third kappa shape index (κ3) is 3.46.